The van der Waals surface area contributed by atoms with E-state index in [9.17, 15) is 9.59 Å². The van der Waals surface area contributed by atoms with E-state index in [1.807, 2.05) is 32.0 Å². The van der Waals surface area contributed by atoms with Crippen LogP contribution in [0.3, 0.4) is 0 Å². The highest BCUT2D eigenvalue weighted by Gasteiger charge is 2.48. The molecule has 1 aromatic carbocycles. The third-order valence-corrected chi connectivity index (χ3v) is 7.40. The lowest BCUT2D eigenvalue weighted by atomic mass is 9.51. The van der Waals surface area contributed by atoms with Gasteiger partial charge in [-0.2, -0.15) is 0 Å². The maximum Gasteiger partial charge on any atom is 0.280 e. The Balaban J connectivity index is 0.000000567. The number of aromatic nitrogens is 2. The van der Waals surface area contributed by atoms with Gasteiger partial charge >= 0.3 is 0 Å². The number of amides is 1. The van der Waals surface area contributed by atoms with Crippen LogP contribution in [-0.4, -0.2) is 20.1 Å². The summed E-state index contributed by atoms with van der Waals surface area (Å²) in [7, 11) is 7.36. The van der Waals surface area contributed by atoms with Crippen molar-refractivity contribution >= 4 is 47.8 Å². The normalized spacial score (nSPS) is 28.2. The van der Waals surface area contributed by atoms with Crippen LogP contribution in [0.15, 0.2) is 29.1 Å². The molecular weight excluding hydrogens is 469 g/mol. The van der Waals surface area contributed by atoms with Crippen molar-refractivity contribution in [3.8, 4) is 0 Å². The summed E-state index contributed by atoms with van der Waals surface area (Å²) in [6.45, 7) is 3.99. The average molecular weight is 498 g/mol. The Morgan fingerprint density at radius 2 is 1.72 bits per heavy atom. The van der Waals surface area contributed by atoms with Crippen molar-refractivity contribution < 1.29 is 9.35 Å². The van der Waals surface area contributed by atoms with E-state index < -0.39 is 9.60 Å². The number of fused-ring (bicyclic) bond motifs is 1. The van der Waals surface area contributed by atoms with E-state index in [0.29, 0.717) is 40.9 Å². The highest BCUT2D eigenvalue weighted by molar-refractivity contribution is 8.31. The molecule has 1 aromatic heterocycles. The van der Waals surface area contributed by atoms with Crippen LogP contribution in [0.25, 0.3) is 10.9 Å². The second kappa shape index (κ2) is 9.92. The fourth-order valence-electron chi connectivity index (χ4n) is 6.40. The molecule has 0 spiro atoms. The lowest BCUT2D eigenvalue weighted by Crippen LogP contribution is -2.47. The number of halogens is 2. The highest BCUT2D eigenvalue weighted by atomic mass is 36.0. The first-order valence-electron chi connectivity index (χ1n) is 11.3. The number of carbonyl (C=O) groups excluding carboxylic acids is 1. The molecule has 1 amide bonds. The van der Waals surface area contributed by atoms with Gasteiger partial charge in [0, 0.05) is 12.3 Å². The lowest BCUT2D eigenvalue weighted by Gasteiger charge is -2.54. The number of carbonyl (C=O) groups is 1. The second-order valence-electron chi connectivity index (χ2n) is 9.80. The number of benzene rings is 1. The number of nitrogens with zero attached hydrogens (tertiary/aromatic N) is 2. The molecule has 4 bridgehead atoms. The minimum Gasteiger partial charge on any atom is -0.582 e. The van der Waals surface area contributed by atoms with E-state index in [2.05, 4.69) is 31.8 Å². The summed E-state index contributed by atoms with van der Waals surface area (Å²) in [5.74, 6) is 4.32. The summed E-state index contributed by atoms with van der Waals surface area (Å²) in [5.41, 5.74) is 3.41. The van der Waals surface area contributed by atoms with Crippen LogP contribution in [0.5, 0.6) is 0 Å². The summed E-state index contributed by atoms with van der Waals surface area (Å²) in [4.78, 5) is 30.7. The molecule has 4 saturated carbocycles. The first-order valence-corrected chi connectivity index (χ1v) is 14.1. The van der Waals surface area contributed by atoms with E-state index in [1.54, 1.807) is 6.07 Å². The molecule has 6 nitrogen and oxygen atoms in total. The number of hydrogen-bond acceptors (Lipinski definition) is 4. The van der Waals surface area contributed by atoms with E-state index in [0.717, 1.165) is 11.8 Å². The molecule has 9 heteroatoms. The summed E-state index contributed by atoms with van der Waals surface area (Å²) in [6.07, 6.45) is 7.17. The molecule has 32 heavy (non-hydrogen) atoms. The predicted octanol–water partition coefficient (Wildman–Crippen LogP) is 5.10. The Bertz CT molecular complexity index is 1010. The van der Waals surface area contributed by atoms with E-state index in [1.165, 1.54) is 36.8 Å². The van der Waals surface area contributed by atoms with Gasteiger partial charge in [0.1, 0.15) is 5.82 Å². The quantitative estimate of drug-likeness (QED) is 0.595. The zero-order chi connectivity index (χ0) is 23.0. The van der Waals surface area contributed by atoms with Crippen molar-refractivity contribution in [2.45, 2.75) is 58.3 Å². The maximum absolute atomic E-state index is 13.0. The molecule has 6 rings (SSSR count). The van der Waals surface area contributed by atoms with Crippen molar-refractivity contribution in [1.82, 2.24) is 9.66 Å². The summed E-state index contributed by atoms with van der Waals surface area (Å²) in [5, 5.41) is 0.543. The number of hydrogen-bond donors (Lipinski definition) is 1. The summed E-state index contributed by atoms with van der Waals surface area (Å²) in [6, 6.07) is 7.34. The van der Waals surface area contributed by atoms with Crippen LogP contribution in [-0.2, 0) is 14.4 Å². The number of nitrogens with one attached hydrogen (secondary N) is 1. The third kappa shape index (κ3) is 5.11. The van der Waals surface area contributed by atoms with Gasteiger partial charge in [0.2, 0.25) is 5.91 Å². The molecule has 1 N–H and O–H groups in total. The Morgan fingerprint density at radius 3 is 2.28 bits per heavy atom. The molecule has 4 aliphatic carbocycles. The SMILES string of the molecule is CC(C)c1nc2ccccc2c(=O)n1NC(=O)CC1C2CC3CC(C2)CC1C3.[O-][S+](Cl)Cl. The maximum atomic E-state index is 13.0. The summed E-state index contributed by atoms with van der Waals surface area (Å²) >= 11 is 0. The topological polar surface area (TPSA) is 87.0 Å². The molecule has 0 aliphatic heterocycles. The van der Waals surface area contributed by atoms with Gasteiger partial charge < -0.3 is 4.55 Å². The Morgan fingerprint density at radius 1 is 1.16 bits per heavy atom. The summed E-state index contributed by atoms with van der Waals surface area (Å²) < 4.78 is 10.5. The third-order valence-electron chi connectivity index (χ3n) is 7.40. The van der Waals surface area contributed by atoms with Crippen molar-refractivity contribution in [2.75, 3.05) is 5.43 Å². The van der Waals surface area contributed by atoms with Gasteiger partial charge in [-0.25, -0.2) is 9.66 Å². The Kier molecular flexibility index (Phi) is 7.40. The molecule has 1 heterocycles. The molecule has 0 atom stereocenters. The van der Waals surface area contributed by atoms with Gasteiger partial charge in [0.15, 0.2) is 31.0 Å². The van der Waals surface area contributed by atoms with E-state index >= 15 is 0 Å². The van der Waals surface area contributed by atoms with Gasteiger partial charge in [-0.15, -0.1) is 0 Å². The van der Waals surface area contributed by atoms with Gasteiger partial charge in [0.25, 0.3) is 5.56 Å². The predicted molar refractivity (Wildman–Crippen MR) is 129 cm³/mol. The smallest absolute Gasteiger partial charge is 0.280 e. The molecule has 2 aromatic rings. The monoisotopic (exact) mass is 497 g/mol. The lowest BCUT2D eigenvalue weighted by molar-refractivity contribution is -0.122. The van der Waals surface area contributed by atoms with Crippen LogP contribution in [0.4, 0.5) is 0 Å². The van der Waals surface area contributed by atoms with Crippen LogP contribution in [0.1, 0.15) is 64.1 Å². The van der Waals surface area contributed by atoms with Crippen molar-refractivity contribution in [3.05, 3.63) is 40.4 Å². The fraction of sp³-hybridized carbons (Fsp3) is 0.609. The van der Waals surface area contributed by atoms with E-state index in [4.69, 9.17) is 4.55 Å². The van der Waals surface area contributed by atoms with Gasteiger partial charge in [-0.3, -0.25) is 15.0 Å². The molecule has 0 saturated heterocycles. The fourth-order valence-corrected chi connectivity index (χ4v) is 6.40. The molecule has 0 radical (unpaired) electrons. The largest absolute Gasteiger partial charge is 0.582 e. The zero-order valence-corrected chi connectivity index (χ0v) is 20.6. The molecule has 4 aliphatic rings. The van der Waals surface area contributed by atoms with Crippen molar-refractivity contribution in [1.29, 1.82) is 0 Å². The average Bonchev–Trinajstić information content (AvgIpc) is 2.71. The first-order chi connectivity index (χ1) is 15.2. The molecule has 4 fully saturated rings. The number of para-hydroxylation sites is 1. The Hall–Kier alpha value is -1.28. The molecular formula is C23H29Cl2N3O3S. The molecule has 0 unspecified atom stereocenters. The Labute approximate surface area is 200 Å². The zero-order valence-electron chi connectivity index (χ0n) is 18.3. The van der Waals surface area contributed by atoms with Crippen LogP contribution in [0, 0.1) is 29.6 Å². The van der Waals surface area contributed by atoms with E-state index in [-0.39, 0.29) is 17.4 Å². The van der Waals surface area contributed by atoms with Crippen LogP contribution < -0.4 is 11.0 Å². The molecule has 174 valence electrons. The standard InChI is InChI=1S/C23H29N3O2.Cl2OS/c1-13(2)22-24-20-6-4-3-5-18(20)23(28)26(22)25-21(27)12-19-16-8-14-7-15(10-16)11-17(19)9-14;1-4(2)3/h3-6,13-17,19H,7-12H2,1-2H3,(H,25,27);. The van der Waals surface area contributed by atoms with Gasteiger partial charge in [-0.05, 0) is 73.8 Å². The first kappa shape index (κ1) is 23.9. The van der Waals surface area contributed by atoms with Crippen molar-refractivity contribution in [3.63, 3.8) is 0 Å². The minimum absolute atomic E-state index is 0.0405. The van der Waals surface area contributed by atoms with Gasteiger partial charge in [-0.1, -0.05) is 26.0 Å². The number of rotatable bonds is 4. The minimum atomic E-state index is -1.67. The highest BCUT2D eigenvalue weighted by Crippen LogP contribution is 2.57. The second-order valence-corrected chi connectivity index (χ2v) is 12.3. The van der Waals surface area contributed by atoms with Crippen molar-refractivity contribution in [2.24, 2.45) is 29.6 Å². The van der Waals surface area contributed by atoms with Crippen LogP contribution in [0.2, 0.25) is 0 Å². The van der Waals surface area contributed by atoms with Crippen LogP contribution >= 0.6 is 21.4 Å². The van der Waals surface area contributed by atoms with Gasteiger partial charge in [0.05, 0.1) is 10.9 Å².